The average Bonchev–Trinajstić information content (AvgIpc) is 3.24. The molecule has 1 amide bonds. The number of nitrogens with zero attached hydrogens (tertiary/aromatic N) is 1. The molecule has 0 fully saturated rings. The van der Waals surface area contributed by atoms with Crippen LogP contribution >= 0.6 is 0 Å². The van der Waals surface area contributed by atoms with E-state index in [4.69, 9.17) is 13.9 Å². The zero-order valence-corrected chi connectivity index (χ0v) is 23.3. The average molecular weight is 546 g/mol. The van der Waals surface area contributed by atoms with Gasteiger partial charge in [-0.15, -0.1) is 0 Å². The summed E-state index contributed by atoms with van der Waals surface area (Å²) in [5, 5.41) is 0.501. The topological polar surface area (TPSA) is 69.0 Å². The first-order chi connectivity index (χ1) is 19.9. The predicted octanol–water partition coefficient (Wildman–Crippen LogP) is 7.13. The summed E-state index contributed by atoms with van der Waals surface area (Å²) in [5.41, 5.74) is 5.13. The number of hydrogen-bond donors (Lipinski definition) is 0. The van der Waals surface area contributed by atoms with Gasteiger partial charge in [-0.3, -0.25) is 9.59 Å². The van der Waals surface area contributed by atoms with Gasteiger partial charge in [0.2, 0.25) is 5.76 Å². The van der Waals surface area contributed by atoms with Crippen LogP contribution in [0, 0.1) is 13.8 Å². The van der Waals surface area contributed by atoms with E-state index in [1.165, 1.54) is 0 Å². The summed E-state index contributed by atoms with van der Waals surface area (Å²) in [5.74, 6) is 0.930. The fourth-order valence-corrected chi connectivity index (χ4v) is 5.62. The van der Waals surface area contributed by atoms with Crippen molar-refractivity contribution in [1.82, 2.24) is 4.90 Å². The Morgan fingerprint density at radius 3 is 2.22 bits per heavy atom. The molecule has 6 rings (SSSR count). The fourth-order valence-electron chi connectivity index (χ4n) is 5.62. The van der Waals surface area contributed by atoms with E-state index >= 15 is 0 Å². The zero-order valence-electron chi connectivity index (χ0n) is 23.3. The summed E-state index contributed by atoms with van der Waals surface area (Å²) in [4.78, 5) is 29.8. The van der Waals surface area contributed by atoms with Crippen LogP contribution in [0.15, 0.2) is 100 Å². The second-order valence-electron chi connectivity index (χ2n) is 10.4. The summed E-state index contributed by atoms with van der Waals surface area (Å²) in [6.07, 6.45) is 0. The Hall–Kier alpha value is -4.84. The van der Waals surface area contributed by atoms with Gasteiger partial charge in [0.05, 0.1) is 23.6 Å². The zero-order chi connectivity index (χ0) is 28.5. The largest absolute Gasteiger partial charge is 0.490 e. The first kappa shape index (κ1) is 26.4. The molecule has 206 valence electrons. The summed E-state index contributed by atoms with van der Waals surface area (Å²) in [7, 11) is 0. The summed E-state index contributed by atoms with van der Waals surface area (Å²) < 4.78 is 18.3. The van der Waals surface area contributed by atoms with E-state index in [0.717, 1.165) is 27.8 Å². The molecule has 5 aromatic rings. The Kier molecular flexibility index (Phi) is 7.06. The van der Waals surface area contributed by atoms with Gasteiger partial charge >= 0.3 is 0 Å². The molecule has 6 heteroatoms. The number of hydrogen-bond acceptors (Lipinski definition) is 5. The highest BCUT2D eigenvalue weighted by molar-refractivity contribution is 5.99. The molecule has 41 heavy (non-hydrogen) atoms. The van der Waals surface area contributed by atoms with Gasteiger partial charge in [-0.2, -0.15) is 0 Å². The van der Waals surface area contributed by atoms with Gasteiger partial charge in [0, 0.05) is 6.54 Å². The molecule has 6 nitrogen and oxygen atoms in total. The molecule has 1 aliphatic heterocycles. The van der Waals surface area contributed by atoms with Crippen LogP contribution in [-0.2, 0) is 13.2 Å². The molecule has 1 aromatic heterocycles. The van der Waals surface area contributed by atoms with Gasteiger partial charge in [0.25, 0.3) is 5.91 Å². The normalized spacial score (nSPS) is 14.4. The molecule has 1 atom stereocenters. The number of aryl methyl sites for hydroxylation is 2. The molecule has 0 N–H and O–H groups in total. The standard InChI is InChI=1S/C35H31NO5/c1-4-39-28-19-26(15-16-27(28)40-21-25-13-9-6-10-14-25)32-31-33(37)30-23(3)17-22(2)18-29(30)41-34(31)35(38)36(32)20-24-11-7-5-8-12-24/h5-19,32H,4,20-21H2,1-3H3. The van der Waals surface area contributed by atoms with Crippen molar-refractivity contribution in [1.29, 1.82) is 0 Å². The monoisotopic (exact) mass is 545 g/mol. The van der Waals surface area contributed by atoms with Gasteiger partial charge in [-0.05, 0) is 66.8 Å². The van der Waals surface area contributed by atoms with Gasteiger partial charge in [0.15, 0.2) is 16.9 Å². The van der Waals surface area contributed by atoms with Gasteiger partial charge in [-0.1, -0.05) is 72.8 Å². The Bertz CT molecular complexity index is 1790. The quantitative estimate of drug-likeness (QED) is 0.207. The maximum absolute atomic E-state index is 14.1. The lowest BCUT2D eigenvalue weighted by atomic mass is 9.96. The molecule has 1 unspecified atom stereocenters. The van der Waals surface area contributed by atoms with Crippen molar-refractivity contribution in [2.75, 3.05) is 6.61 Å². The van der Waals surface area contributed by atoms with Crippen LogP contribution in [0.5, 0.6) is 11.5 Å². The number of amides is 1. The third kappa shape index (κ3) is 4.97. The Morgan fingerprint density at radius 2 is 1.51 bits per heavy atom. The Labute approximate surface area is 238 Å². The van der Waals surface area contributed by atoms with Crippen molar-refractivity contribution in [2.24, 2.45) is 0 Å². The smallest absolute Gasteiger partial charge is 0.291 e. The molecule has 1 aliphatic rings. The van der Waals surface area contributed by atoms with Crippen LogP contribution in [0.2, 0.25) is 0 Å². The first-order valence-corrected chi connectivity index (χ1v) is 13.8. The third-order valence-corrected chi connectivity index (χ3v) is 7.43. The van der Waals surface area contributed by atoms with E-state index in [1.807, 2.05) is 112 Å². The number of ether oxygens (including phenoxy) is 2. The minimum absolute atomic E-state index is 0.0933. The molecular weight excluding hydrogens is 514 g/mol. The summed E-state index contributed by atoms with van der Waals surface area (Å²) in [6.45, 7) is 6.90. The minimum Gasteiger partial charge on any atom is -0.490 e. The SMILES string of the molecule is CCOc1cc(C2c3c(oc4cc(C)cc(C)c4c3=O)C(=O)N2Cc2ccccc2)ccc1OCc1ccccc1. The Morgan fingerprint density at radius 1 is 0.805 bits per heavy atom. The van der Waals surface area contributed by atoms with Crippen LogP contribution in [0.1, 0.15) is 56.9 Å². The number of fused-ring (bicyclic) bond motifs is 2. The molecule has 0 spiro atoms. The van der Waals surface area contributed by atoms with Crippen LogP contribution in [0.3, 0.4) is 0 Å². The molecular formula is C35H31NO5. The summed E-state index contributed by atoms with van der Waals surface area (Å²) >= 11 is 0. The maximum atomic E-state index is 14.1. The Balaban J connectivity index is 1.48. The van der Waals surface area contributed by atoms with E-state index < -0.39 is 6.04 Å². The molecule has 4 aromatic carbocycles. The van der Waals surface area contributed by atoms with E-state index in [2.05, 4.69) is 0 Å². The van der Waals surface area contributed by atoms with Crippen LogP contribution in [0.25, 0.3) is 11.0 Å². The van der Waals surface area contributed by atoms with E-state index in [-0.39, 0.29) is 17.1 Å². The number of rotatable bonds is 8. The minimum atomic E-state index is -0.651. The van der Waals surface area contributed by atoms with E-state index in [1.54, 1.807) is 4.90 Å². The lowest BCUT2D eigenvalue weighted by molar-refractivity contribution is 0.0714. The van der Waals surface area contributed by atoms with Crippen molar-refractivity contribution in [3.63, 3.8) is 0 Å². The van der Waals surface area contributed by atoms with E-state index in [9.17, 15) is 9.59 Å². The lowest BCUT2D eigenvalue weighted by Crippen LogP contribution is -2.29. The second kappa shape index (κ2) is 11.0. The predicted molar refractivity (Wildman–Crippen MR) is 159 cm³/mol. The third-order valence-electron chi connectivity index (χ3n) is 7.43. The highest BCUT2D eigenvalue weighted by atomic mass is 16.5. The molecule has 0 radical (unpaired) electrons. The highest BCUT2D eigenvalue weighted by Gasteiger charge is 2.43. The molecule has 0 aliphatic carbocycles. The first-order valence-electron chi connectivity index (χ1n) is 13.8. The molecule has 0 bridgehead atoms. The summed E-state index contributed by atoms with van der Waals surface area (Å²) in [6, 6.07) is 28.4. The van der Waals surface area contributed by atoms with Crippen molar-refractivity contribution >= 4 is 16.9 Å². The number of carbonyl (C=O) groups is 1. The van der Waals surface area contributed by atoms with Crippen molar-refractivity contribution in [2.45, 2.75) is 40.0 Å². The van der Waals surface area contributed by atoms with Crippen molar-refractivity contribution in [3.8, 4) is 11.5 Å². The van der Waals surface area contributed by atoms with Crippen molar-refractivity contribution < 1.29 is 18.7 Å². The van der Waals surface area contributed by atoms with Crippen LogP contribution in [0.4, 0.5) is 0 Å². The van der Waals surface area contributed by atoms with Crippen LogP contribution < -0.4 is 14.9 Å². The molecule has 2 heterocycles. The lowest BCUT2D eigenvalue weighted by Gasteiger charge is -2.26. The molecule has 0 saturated heterocycles. The van der Waals surface area contributed by atoms with Crippen LogP contribution in [-0.4, -0.2) is 17.4 Å². The molecule has 0 saturated carbocycles. The highest BCUT2D eigenvalue weighted by Crippen LogP contribution is 2.42. The maximum Gasteiger partial charge on any atom is 0.291 e. The number of benzene rings is 4. The van der Waals surface area contributed by atoms with Gasteiger partial charge < -0.3 is 18.8 Å². The fraction of sp³-hybridized carbons (Fsp3) is 0.200. The number of carbonyl (C=O) groups excluding carboxylic acids is 1. The van der Waals surface area contributed by atoms with Gasteiger partial charge in [0.1, 0.15) is 12.2 Å². The van der Waals surface area contributed by atoms with E-state index in [0.29, 0.717) is 47.8 Å². The van der Waals surface area contributed by atoms with Crippen molar-refractivity contribution in [3.05, 3.63) is 140 Å². The second-order valence-corrected chi connectivity index (χ2v) is 10.4. The van der Waals surface area contributed by atoms with Gasteiger partial charge in [-0.25, -0.2) is 0 Å².